The van der Waals surface area contributed by atoms with E-state index < -0.39 is 22.0 Å². The Labute approximate surface area is 223 Å². The van der Waals surface area contributed by atoms with E-state index in [1.165, 1.54) is 12.1 Å². The molecule has 6 heteroatoms. The normalized spacial score (nSPS) is 12.9. The van der Waals surface area contributed by atoms with Gasteiger partial charge in [-0.15, -0.1) is 0 Å². The van der Waals surface area contributed by atoms with E-state index in [0.717, 1.165) is 5.56 Å². The van der Waals surface area contributed by atoms with Crippen LogP contribution in [0.25, 0.3) is 0 Å². The maximum absolute atomic E-state index is 13.9. The molecule has 1 N–H and O–H groups in total. The van der Waals surface area contributed by atoms with Gasteiger partial charge in [-0.1, -0.05) is 115 Å². The number of carbonyl (C=O) groups excluding carboxylic acids is 2. The summed E-state index contributed by atoms with van der Waals surface area (Å²) in [6.07, 6.45) is -0.0303. The van der Waals surface area contributed by atoms with Crippen molar-refractivity contribution >= 4 is 21.6 Å². The van der Waals surface area contributed by atoms with Crippen molar-refractivity contribution in [1.29, 1.82) is 0 Å². The number of hydrogen-bond donors (Lipinski definition) is 1. The molecule has 0 aliphatic carbocycles. The molecule has 5 nitrogen and oxygen atoms in total. The predicted octanol–water partition coefficient (Wildman–Crippen LogP) is 6.34. The molecule has 4 aromatic carbocycles. The summed E-state index contributed by atoms with van der Waals surface area (Å²) in [7, 11) is -4.01. The molecule has 0 heterocycles. The van der Waals surface area contributed by atoms with E-state index >= 15 is 0 Å². The Bertz CT molecular complexity index is 1520. The van der Waals surface area contributed by atoms with Gasteiger partial charge in [0.2, 0.25) is 10.0 Å². The van der Waals surface area contributed by atoms with E-state index in [2.05, 4.69) is 11.3 Å². The second-order valence-corrected chi connectivity index (χ2v) is 10.9. The zero-order valence-electron chi connectivity index (χ0n) is 21.1. The van der Waals surface area contributed by atoms with E-state index in [4.69, 9.17) is 0 Å². The van der Waals surface area contributed by atoms with Gasteiger partial charge in [0.05, 0.1) is 10.9 Å². The van der Waals surface area contributed by atoms with Crippen molar-refractivity contribution in [2.45, 2.75) is 24.3 Å². The number of hydrogen-bond acceptors (Lipinski definition) is 4. The van der Waals surface area contributed by atoms with Crippen LogP contribution in [0.2, 0.25) is 0 Å². The molecule has 0 aliphatic heterocycles. The summed E-state index contributed by atoms with van der Waals surface area (Å²) < 4.78 is 29.8. The molecular weight excluding hydrogens is 494 g/mol. The van der Waals surface area contributed by atoms with Crippen LogP contribution in [-0.2, 0) is 10.0 Å². The largest absolute Gasteiger partial charge is 0.294 e. The lowest BCUT2D eigenvalue weighted by atomic mass is 9.81. The standard InChI is InChI=1S/C32H29NO4S/c1-23-18-20-28(21-19-23)38(36,37)33-30(25-12-6-3-7-13-25)29(32(35)27-16-10-5-11-17-27)22-24(2)31(34)26-14-8-4-9-15-26/h3-21,29-30,33H,2,22H2,1H3. The number of aryl methyl sites for hydroxylation is 1. The Hall–Kier alpha value is -4.13. The van der Waals surface area contributed by atoms with Crippen LogP contribution in [0.3, 0.4) is 0 Å². The number of ketones is 2. The summed E-state index contributed by atoms with van der Waals surface area (Å²) in [5.74, 6) is -1.50. The van der Waals surface area contributed by atoms with Gasteiger partial charge in [0.15, 0.2) is 11.6 Å². The smallest absolute Gasteiger partial charge is 0.241 e. The molecule has 0 radical (unpaired) electrons. The van der Waals surface area contributed by atoms with Gasteiger partial charge < -0.3 is 0 Å². The molecule has 0 bridgehead atoms. The number of benzene rings is 4. The molecule has 0 aromatic heterocycles. The molecular formula is C32H29NO4S. The van der Waals surface area contributed by atoms with Crippen LogP contribution in [0.5, 0.6) is 0 Å². The van der Waals surface area contributed by atoms with Crippen LogP contribution in [0.1, 0.15) is 44.3 Å². The highest BCUT2D eigenvalue weighted by Gasteiger charge is 2.35. The second-order valence-electron chi connectivity index (χ2n) is 9.16. The number of carbonyl (C=O) groups is 2. The van der Waals surface area contributed by atoms with Crippen molar-refractivity contribution in [3.63, 3.8) is 0 Å². The Balaban J connectivity index is 1.77. The highest BCUT2D eigenvalue weighted by atomic mass is 32.2. The third-order valence-electron chi connectivity index (χ3n) is 6.39. The molecule has 0 aliphatic rings. The van der Waals surface area contributed by atoms with Crippen molar-refractivity contribution in [3.05, 3.63) is 150 Å². The first kappa shape index (κ1) is 26.9. The molecule has 38 heavy (non-hydrogen) atoms. The summed E-state index contributed by atoms with van der Waals surface area (Å²) in [4.78, 5) is 27.2. The van der Waals surface area contributed by atoms with Gasteiger partial charge in [-0.25, -0.2) is 13.1 Å². The molecule has 0 saturated heterocycles. The van der Waals surface area contributed by atoms with Crippen molar-refractivity contribution in [2.75, 3.05) is 0 Å². The van der Waals surface area contributed by atoms with E-state index in [-0.39, 0.29) is 28.5 Å². The van der Waals surface area contributed by atoms with Crippen molar-refractivity contribution < 1.29 is 18.0 Å². The quantitative estimate of drug-likeness (QED) is 0.184. The third kappa shape index (κ3) is 6.40. The monoisotopic (exact) mass is 523 g/mol. The van der Waals surface area contributed by atoms with E-state index in [1.807, 2.05) is 19.1 Å². The highest BCUT2D eigenvalue weighted by molar-refractivity contribution is 7.89. The van der Waals surface area contributed by atoms with Crippen molar-refractivity contribution in [3.8, 4) is 0 Å². The van der Waals surface area contributed by atoms with Crippen molar-refractivity contribution in [2.24, 2.45) is 5.92 Å². The SMILES string of the molecule is C=C(CC(C(=O)c1ccccc1)C(NS(=O)(=O)c1ccc(C)cc1)c1ccccc1)C(=O)c1ccccc1. The zero-order chi connectivity index (χ0) is 27.1. The first-order chi connectivity index (χ1) is 18.3. The maximum Gasteiger partial charge on any atom is 0.241 e. The summed E-state index contributed by atoms with van der Waals surface area (Å²) >= 11 is 0. The molecule has 0 amide bonds. The zero-order valence-corrected chi connectivity index (χ0v) is 21.9. The van der Waals surface area contributed by atoms with Gasteiger partial charge in [0.25, 0.3) is 0 Å². The van der Waals surface area contributed by atoms with Crippen LogP contribution < -0.4 is 4.72 Å². The lowest BCUT2D eigenvalue weighted by Gasteiger charge is -2.28. The molecule has 2 unspecified atom stereocenters. The van der Waals surface area contributed by atoms with Gasteiger partial charge in [0.1, 0.15) is 0 Å². The van der Waals surface area contributed by atoms with Crippen LogP contribution >= 0.6 is 0 Å². The number of sulfonamides is 1. The van der Waals surface area contributed by atoms with Gasteiger partial charge >= 0.3 is 0 Å². The number of allylic oxidation sites excluding steroid dienone is 1. The summed E-state index contributed by atoms with van der Waals surface area (Å²) in [6.45, 7) is 5.88. The Kier molecular flexibility index (Phi) is 8.46. The third-order valence-corrected chi connectivity index (χ3v) is 7.85. The Morgan fingerprint density at radius 2 is 1.24 bits per heavy atom. The minimum Gasteiger partial charge on any atom is -0.294 e. The average molecular weight is 524 g/mol. The number of nitrogens with one attached hydrogen (secondary N) is 1. The molecule has 0 saturated carbocycles. The molecule has 4 aromatic rings. The van der Waals surface area contributed by atoms with Crippen LogP contribution in [0.4, 0.5) is 0 Å². The first-order valence-corrected chi connectivity index (χ1v) is 13.8. The lowest BCUT2D eigenvalue weighted by molar-refractivity contribution is 0.0891. The van der Waals surface area contributed by atoms with Crippen LogP contribution in [-0.4, -0.2) is 20.0 Å². The Morgan fingerprint density at radius 3 is 1.79 bits per heavy atom. The van der Waals surface area contributed by atoms with Gasteiger partial charge in [-0.3, -0.25) is 9.59 Å². The number of Topliss-reactive ketones (excluding diaryl/α,β-unsaturated/α-hetero) is 2. The maximum atomic E-state index is 13.9. The first-order valence-electron chi connectivity index (χ1n) is 12.3. The molecule has 4 rings (SSSR count). The summed E-state index contributed by atoms with van der Waals surface area (Å²) in [6, 6.07) is 31.9. The second kappa shape index (κ2) is 11.9. The van der Waals surface area contributed by atoms with Gasteiger partial charge in [-0.05, 0) is 36.6 Å². The Morgan fingerprint density at radius 1 is 0.737 bits per heavy atom. The fraction of sp³-hybridized carbons (Fsp3) is 0.125. The van der Waals surface area contributed by atoms with E-state index in [0.29, 0.717) is 16.7 Å². The molecule has 192 valence electrons. The number of rotatable bonds is 11. The van der Waals surface area contributed by atoms with Crippen molar-refractivity contribution in [1.82, 2.24) is 4.72 Å². The highest BCUT2D eigenvalue weighted by Crippen LogP contribution is 2.33. The van der Waals surface area contributed by atoms with Gasteiger partial charge in [-0.2, -0.15) is 0 Å². The lowest BCUT2D eigenvalue weighted by Crippen LogP contribution is -2.37. The van der Waals surface area contributed by atoms with E-state index in [1.54, 1.807) is 91.0 Å². The van der Waals surface area contributed by atoms with Crippen LogP contribution in [0, 0.1) is 12.8 Å². The van der Waals surface area contributed by atoms with Gasteiger partial charge in [0, 0.05) is 17.0 Å². The summed E-state index contributed by atoms with van der Waals surface area (Å²) in [5.41, 5.74) is 2.64. The molecule has 0 spiro atoms. The van der Waals surface area contributed by atoms with E-state index in [9.17, 15) is 18.0 Å². The topological polar surface area (TPSA) is 80.3 Å². The fourth-order valence-electron chi connectivity index (χ4n) is 4.33. The summed E-state index contributed by atoms with van der Waals surface area (Å²) in [5, 5.41) is 0. The molecule has 0 fully saturated rings. The average Bonchev–Trinajstić information content (AvgIpc) is 2.95. The van der Waals surface area contributed by atoms with Crippen LogP contribution in [0.15, 0.2) is 132 Å². The molecule has 2 atom stereocenters. The fourth-order valence-corrected chi connectivity index (χ4v) is 5.59. The predicted molar refractivity (Wildman–Crippen MR) is 149 cm³/mol. The minimum absolute atomic E-state index is 0.0303. The minimum atomic E-state index is -4.01.